The zero-order chi connectivity index (χ0) is 20.7. The first-order chi connectivity index (χ1) is 13.3. The van der Waals surface area contributed by atoms with E-state index in [9.17, 15) is 14.7 Å². The van der Waals surface area contributed by atoms with Crippen molar-refractivity contribution in [3.8, 4) is 17.2 Å². The van der Waals surface area contributed by atoms with E-state index in [0.29, 0.717) is 26.3 Å². The molecule has 0 saturated carbocycles. The Labute approximate surface area is 176 Å². The van der Waals surface area contributed by atoms with Crippen LogP contribution >= 0.6 is 22.6 Å². The first-order valence-corrected chi connectivity index (χ1v) is 9.28. The van der Waals surface area contributed by atoms with Crippen LogP contribution in [0, 0.1) is 9.49 Å². The molecule has 0 aliphatic heterocycles. The second-order valence-electron chi connectivity index (χ2n) is 5.73. The minimum Gasteiger partial charge on any atom is -0.504 e. The van der Waals surface area contributed by atoms with Gasteiger partial charge in [-0.25, -0.2) is 5.43 Å². The number of methoxy groups -OCH3 is 2. The van der Waals surface area contributed by atoms with Gasteiger partial charge >= 0.3 is 0 Å². The Morgan fingerprint density at radius 2 is 1.82 bits per heavy atom. The number of hydrazone groups is 1. The smallest absolute Gasteiger partial charge is 0.252 e. The number of benzene rings is 2. The predicted octanol–water partition coefficient (Wildman–Crippen LogP) is 2.74. The fraction of sp³-hybridized carbons (Fsp3) is 0.211. The third-order valence-corrected chi connectivity index (χ3v) is 4.63. The SMILES string of the molecule is COc1ccc(NC(=O)C(C)C(=O)N/N=C/c2cc(I)c(O)c(OC)c2)cc1. The average Bonchev–Trinajstić information content (AvgIpc) is 2.70. The van der Waals surface area contributed by atoms with Gasteiger partial charge in [-0.15, -0.1) is 0 Å². The molecule has 1 unspecified atom stereocenters. The van der Waals surface area contributed by atoms with Crippen molar-refractivity contribution in [3.63, 3.8) is 0 Å². The quantitative estimate of drug-likeness (QED) is 0.236. The molecule has 0 aliphatic rings. The summed E-state index contributed by atoms with van der Waals surface area (Å²) in [6.07, 6.45) is 1.40. The number of amides is 2. The van der Waals surface area contributed by atoms with Crippen molar-refractivity contribution in [2.45, 2.75) is 6.92 Å². The van der Waals surface area contributed by atoms with Crippen molar-refractivity contribution in [1.82, 2.24) is 5.43 Å². The van der Waals surface area contributed by atoms with Crippen LogP contribution in [0.3, 0.4) is 0 Å². The summed E-state index contributed by atoms with van der Waals surface area (Å²) in [5.74, 6) is -0.964. The number of nitrogens with zero attached hydrogens (tertiary/aromatic N) is 1. The van der Waals surface area contributed by atoms with Crippen molar-refractivity contribution in [2.24, 2.45) is 11.0 Å². The Hall–Kier alpha value is -2.82. The number of nitrogens with one attached hydrogen (secondary N) is 2. The molecule has 0 spiro atoms. The van der Waals surface area contributed by atoms with Crippen molar-refractivity contribution >= 4 is 46.3 Å². The Balaban J connectivity index is 1.95. The summed E-state index contributed by atoms with van der Waals surface area (Å²) in [6.45, 7) is 1.48. The van der Waals surface area contributed by atoms with Gasteiger partial charge in [0.1, 0.15) is 11.7 Å². The lowest BCUT2D eigenvalue weighted by atomic mass is 10.1. The van der Waals surface area contributed by atoms with Gasteiger partial charge in [-0.1, -0.05) is 0 Å². The van der Waals surface area contributed by atoms with Crippen molar-refractivity contribution in [3.05, 3.63) is 45.5 Å². The highest BCUT2D eigenvalue weighted by atomic mass is 127. The van der Waals surface area contributed by atoms with Gasteiger partial charge in [0.2, 0.25) is 5.91 Å². The van der Waals surface area contributed by atoms with E-state index in [4.69, 9.17) is 9.47 Å². The van der Waals surface area contributed by atoms with Crippen LogP contribution in [-0.2, 0) is 9.59 Å². The summed E-state index contributed by atoms with van der Waals surface area (Å²) in [5.41, 5.74) is 3.51. The standard InChI is InChI=1S/C19H20IN3O5/c1-11(18(25)22-13-4-6-14(27-2)7-5-13)19(26)23-21-10-12-8-15(20)17(24)16(9-12)28-3/h4-11,24H,1-3H3,(H,22,25)(H,23,26)/b21-10+. The molecule has 8 nitrogen and oxygen atoms in total. The Morgan fingerprint density at radius 1 is 1.14 bits per heavy atom. The summed E-state index contributed by atoms with van der Waals surface area (Å²) in [6, 6.07) is 10.0. The van der Waals surface area contributed by atoms with E-state index in [1.54, 1.807) is 43.5 Å². The van der Waals surface area contributed by atoms with Gasteiger partial charge in [0.25, 0.3) is 5.91 Å². The van der Waals surface area contributed by atoms with Crippen molar-refractivity contribution < 1.29 is 24.2 Å². The third-order valence-electron chi connectivity index (χ3n) is 3.80. The molecule has 9 heteroatoms. The van der Waals surface area contributed by atoms with Crippen molar-refractivity contribution in [1.29, 1.82) is 0 Å². The monoisotopic (exact) mass is 497 g/mol. The van der Waals surface area contributed by atoms with E-state index >= 15 is 0 Å². The summed E-state index contributed by atoms with van der Waals surface area (Å²) in [5, 5.41) is 16.3. The number of phenols is 1. The number of anilines is 1. The number of ether oxygens (including phenoxy) is 2. The predicted molar refractivity (Wildman–Crippen MR) is 114 cm³/mol. The fourth-order valence-corrected chi connectivity index (χ4v) is 2.76. The molecule has 0 aromatic heterocycles. The molecule has 2 amide bonds. The van der Waals surface area contributed by atoms with Crippen LogP contribution in [0.1, 0.15) is 12.5 Å². The van der Waals surface area contributed by atoms with E-state index in [0.717, 1.165) is 0 Å². The maximum Gasteiger partial charge on any atom is 0.252 e. The number of hydrogen-bond acceptors (Lipinski definition) is 6. The molecule has 3 N–H and O–H groups in total. The van der Waals surface area contributed by atoms with Gasteiger partial charge < -0.3 is 19.9 Å². The first kappa shape index (κ1) is 21.5. The summed E-state index contributed by atoms with van der Waals surface area (Å²) in [4.78, 5) is 24.3. The molecule has 0 aliphatic carbocycles. The second kappa shape index (κ2) is 9.93. The molecular formula is C19H20IN3O5. The molecule has 0 heterocycles. The number of carbonyl (C=O) groups is 2. The minimum absolute atomic E-state index is 0.0353. The van der Waals surface area contributed by atoms with Crippen LogP contribution in [0.2, 0.25) is 0 Å². The average molecular weight is 497 g/mol. The highest BCUT2D eigenvalue weighted by molar-refractivity contribution is 14.1. The lowest BCUT2D eigenvalue weighted by Crippen LogP contribution is -2.34. The summed E-state index contributed by atoms with van der Waals surface area (Å²) in [7, 11) is 2.99. The number of phenolic OH excluding ortho intramolecular Hbond substituents is 1. The maximum absolute atomic E-state index is 12.2. The number of carbonyl (C=O) groups excluding carboxylic acids is 2. The molecule has 2 aromatic carbocycles. The van der Waals surface area contributed by atoms with Gasteiger partial charge in [-0.2, -0.15) is 5.10 Å². The lowest BCUT2D eigenvalue weighted by Gasteiger charge is -2.11. The Bertz CT molecular complexity index is 884. The molecule has 28 heavy (non-hydrogen) atoms. The zero-order valence-electron chi connectivity index (χ0n) is 15.5. The normalized spacial score (nSPS) is 11.7. The molecular weight excluding hydrogens is 477 g/mol. The van der Waals surface area contributed by atoms with E-state index in [1.807, 2.05) is 22.6 Å². The summed E-state index contributed by atoms with van der Waals surface area (Å²) < 4.78 is 10.7. The van der Waals surface area contributed by atoms with Crippen LogP contribution < -0.4 is 20.2 Å². The van der Waals surface area contributed by atoms with Crippen LogP contribution in [0.5, 0.6) is 17.2 Å². The Morgan fingerprint density at radius 3 is 2.43 bits per heavy atom. The van der Waals surface area contributed by atoms with E-state index in [-0.39, 0.29) is 5.75 Å². The van der Waals surface area contributed by atoms with E-state index in [2.05, 4.69) is 15.8 Å². The van der Waals surface area contributed by atoms with Crippen LogP contribution in [0.25, 0.3) is 0 Å². The maximum atomic E-state index is 12.2. The molecule has 0 fully saturated rings. The molecule has 1 atom stereocenters. The first-order valence-electron chi connectivity index (χ1n) is 8.20. The van der Waals surface area contributed by atoms with E-state index in [1.165, 1.54) is 20.2 Å². The molecule has 2 rings (SSSR count). The molecule has 0 saturated heterocycles. The highest BCUT2D eigenvalue weighted by Crippen LogP contribution is 2.31. The number of hydrogen-bond donors (Lipinski definition) is 3. The molecule has 0 radical (unpaired) electrons. The highest BCUT2D eigenvalue weighted by Gasteiger charge is 2.21. The van der Waals surface area contributed by atoms with Crippen LogP contribution in [0.15, 0.2) is 41.5 Å². The number of halogens is 1. The van der Waals surface area contributed by atoms with Gasteiger partial charge in [0.05, 0.1) is 24.0 Å². The number of aromatic hydroxyl groups is 1. The van der Waals surface area contributed by atoms with Crippen molar-refractivity contribution in [2.75, 3.05) is 19.5 Å². The molecule has 148 valence electrons. The summed E-state index contributed by atoms with van der Waals surface area (Å²) >= 11 is 1.96. The fourth-order valence-electron chi connectivity index (χ4n) is 2.14. The van der Waals surface area contributed by atoms with Crippen LogP contribution in [0.4, 0.5) is 5.69 Å². The minimum atomic E-state index is -0.950. The second-order valence-corrected chi connectivity index (χ2v) is 6.89. The van der Waals surface area contributed by atoms with Gasteiger partial charge in [0.15, 0.2) is 11.5 Å². The zero-order valence-corrected chi connectivity index (χ0v) is 17.7. The van der Waals surface area contributed by atoms with Crippen LogP contribution in [-0.4, -0.2) is 37.4 Å². The van der Waals surface area contributed by atoms with Gasteiger partial charge in [0, 0.05) is 5.69 Å². The molecule has 0 bridgehead atoms. The van der Waals surface area contributed by atoms with Gasteiger partial charge in [-0.05, 0) is 71.5 Å². The largest absolute Gasteiger partial charge is 0.504 e. The lowest BCUT2D eigenvalue weighted by molar-refractivity contribution is -0.131. The van der Waals surface area contributed by atoms with Gasteiger partial charge in [-0.3, -0.25) is 9.59 Å². The third kappa shape index (κ3) is 5.59. The van der Waals surface area contributed by atoms with E-state index < -0.39 is 17.7 Å². The topological polar surface area (TPSA) is 109 Å². The number of rotatable bonds is 7. The molecule has 2 aromatic rings. The Kier molecular flexibility index (Phi) is 7.61.